The third-order valence-electron chi connectivity index (χ3n) is 6.76. The van der Waals surface area contributed by atoms with Crippen LogP contribution in [0.3, 0.4) is 0 Å². The molecule has 0 bridgehead atoms. The molecule has 1 aromatic carbocycles. The highest BCUT2D eigenvalue weighted by Gasteiger charge is 2.08. The average Bonchev–Trinajstić information content (AvgIpc) is 2.88. The number of aliphatic carboxylic acids is 1. The summed E-state index contributed by atoms with van der Waals surface area (Å²) in [5, 5.41) is 11.5. The number of unbranched alkanes of at least 4 members (excludes halogenated alkanes) is 16. The first-order valence-electron chi connectivity index (χ1n) is 15.0. The Morgan fingerprint density at radius 3 is 1.62 bits per heavy atom. The number of hydrogen-bond acceptors (Lipinski definition) is 5. The Balaban J connectivity index is 1.95. The molecule has 0 saturated heterocycles. The molecule has 3 N–H and O–H groups in total. The maximum atomic E-state index is 12.4. The largest absolute Gasteiger partial charge is 0.491 e. The summed E-state index contributed by atoms with van der Waals surface area (Å²) >= 11 is 0. The predicted molar refractivity (Wildman–Crippen MR) is 157 cm³/mol. The minimum Gasteiger partial charge on any atom is -0.491 e. The molecule has 1 amide bonds. The molecular weight excluding hydrogens is 518 g/mol. The zero-order chi connectivity index (χ0) is 28.6. The van der Waals surface area contributed by atoms with Crippen molar-refractivity contribution in [1.29, 1.82) is 0 Å². The molecule has 9 heteroatoms. The van der Waals surface area contributed by atoms with Crippen LogP contribution >= 0.6 is 0 Å². The van der Waals surface area contributed by atoms with E-state index < -0.39 is 16.1 Å². The molecule has 0 spiro atoms. The van der Waals surface area contributed by atoms with Gasteiger partial charge in [-0.15, -0.1) is 0 Å². The van der Waals surface area contributed by atoms with E-state index in [1.165, 1.54) is 64.2 Å². The molecule has 0 aliphatic carbocycles. The molecule has 39 heavy (non-hydrogen) atoms. The van der Waals surface area contributed by atoms with Gasteiger partial charge in [0, 0.05) is 12.8 Å². The summed E-state index contributed by atoms with van der Waals surface area (Å²) in [7, 11) is -3.95. The van der Waals surface area contributed by atoms with Gasteiger partial charge in [-0.25, -0.2) is 0 Å². The Bertz CT molecular complexity index is 889. The van der Waals surface area contributed by atoms with Crippen LogP contribution in [0.25, 0.3) is 0 Å². The van der Waals surface area contributed by atoms with Gasteiger partial charge in [0.15, 0.2) is 0 Å². The highest BCUT2D eigenvalue weighted by atomic mass is 32.2. The summed E-state index contributed by atoms with van der Waals surface area (Å²) in [6.07, 6.45) is 20.5. The zero-order valence-electron chi connectivity index (χ0n) is 23.7. The maximum absolute atomic E-state index is 12.4. The van der Waals surface area contributed by atoms with Crippen molar-refractivity contribution in [3.05, 3.63) is 24.3 Å². The van der Waals surface area contributed by atoms with Crippen molar-refractivity contribution in [3.63, 3.8) is 0 Å². The summed E-state index contributed by atoms with van der Waals surface area (Å²) in [6, 6.07) is 7.21. The van der Waals surface area contributed by atoms with Gasteiger partial charge in [0.25, 0.3) is 10.1 Å². The first kappa shape index (κ1) is 34.9. The number of carboxylic acids is 1. The number of anilines is 1. The highest BCUT2D eigenvalue weighted by molar-refractivity contribution is 7.85. The molecule has 224 valence electrons. The Hall–Kier alpha value is -2.13. The SMILES string of the molecule is O=C(O)CCCCCCCCCCCCCCCCCCC(=O)Nc1ccccc1OCCCCS(=O)(=O)O. The van der Waals surface area contributed by atoms with E-state index in [4.69, 9.17) is 14.4 Å². The van der Waals surface area contributed by atoms with Crippen LogP contribution in [-0.2, 0) is 19.7 Å². The molecule has 0 aromatic heterocycles. The van der Waals surface area contributed by atoms with Gasteiger partial charge in [0.2, 0.25) is 5.91 Å². The van der Waals surface area contributed by atoms with Crippen molar-refractivity contribution in [3.8, 4) is 5.75 Å². The van der Waals surface area contributed by atoms with E-state index in [2.05, 4.69) is 5.32 Å². The number of benzene rings is 1. The number of para-hydroxylation sites is 2. The molecule has 0 radical (unpaired) electrons. The first-order chi connectivity index (χ1) is 18.8. The fourth-order valence-electron chi connectivity index (χ4n) is 4.51. The van der Waals surface area contributed by atoms with E-state index in [0.717, 1.165) is 38.5 Å². The second-order valence-electron chi connectivity index (χ2n) is 10.4. The van der Waals surface area contributed by atoms with Crippen LogP contribution in [0.5, 0.6) is 5.75 Å². The number of hydrogen-bond donors (Lipinski definition) is 3. The molecule has 0 heterocycles. The molecule has 8 nitrogen and oxygen atoms in total. The summed E-state index contributed by atoms with van der Waals surface area (Å²) in [6.45, 7) is 0.307. The van der Waals surface area contributed by atoms with Gasteiger partial charge in [-0.3, -0.25) is 14.1 Å². The van der Waals surface area contributed by atoms with E-state index in [1.54, 1.807) is 12.1 Å². The third-order valence-corrected chi connectivity index (χ3v) is 7.56. The number of carbonyl (C=O) groups is 2. The van der Waals surface area contributed by atoms with Crippen molar-refractivity contribution in [2.45, 2.75) is 128 Å². The quantitative estimate of drug-likeness (QED) is 0.0767. The number of nitrogens with one attached hydrogen (secondary N) is 1. The number of rotatable bonds is 26. The Kier molecular flexibility index (Phi) is 20.3. The Labute approximate surface area is 236 Å². The second-order valence-corrected chi connectivity index (χ2v) is 12.0. The summed E-state index contributed by atoms with van der Waals surface area (Å²) in [5.74, 6) is -0.440. The average molecular weight is 570 g/mol. The van der Waals surface area contributed by atoms with E-state index in [-0.39, 0.29) is 11.7 Å². The molecule has 0 aliphatic rings. The number of ether oxygens (including phenoxy) is 1. The standard InChI is InChI=1S/C30H51NO7S/c32-29(31-27-21-17-18-22-28(27)38-25-19-20-26-39(35,36)37)23-15-13-11-9-7-5-3-1-2-4-6-8-10-12-14-16-24-30(33)34/h17-18,21-22H,1-16,19-20,23-26H2,(H,31,32)(H,33,34)(H,35,36,37). The molecule has 0 unspecified atom stereocenters. The normalized spacial score (nSPS) is 11.4. The fourth-order valence-corrected chi connectivity index (χ4v) is 5.08. The van der Waals surface area contributed by atoms with Crippen LogP contribution in [-0.4, -0.2) is 42.3 Å². The van der Waals surface area contributed by atoms with Gasteiger partial charge in [-0.1, -0.05) is 102 Å². The summed E-state index contributed by atoms with van der Waals surface area (Å²) < 4.78 is 36.0. The highest BCUT2D eigenvalue weighted by Crippen LogP contribution is 2.24. The lowest BCUT2D eigenvalue weighted by Crippen LogP contribution is -2.12. The lowest BCUT2D eigenvalue weighted by molar-refractivity contribution is -0.137. The van der Waals surface area contributed by atoms with E-state index >= 15 is 0 Å². The first-order valence-corrected chi connectivity index (χ1v) is 16.6. The summed E-state index contributed by atoms with van der Waals surface area (Å²) in [5.41, 5.74) is 0.616. The molecule has 0 atom stereocenters. The van der Waals surface area contributed by atoms with Gasteiger partial charge in [0.05, 0.1) is 18.0 Å². The zero-order valence-corrected chi connectivity index (χ0v) is 24.5. The van der Waals surface area contributed by atoms with Crippen LogP contribution in [0.1, 0.15) is 128 Å². The monoisotopic (exact) mass is 569 g/mol. The van der Waals surface area contributed by atoms with Crippen LogP contribution in [0.4, 0.5) is 5.69 Å². The smallest absolute Gasteiger partial charge is 0.303 e. The molecule has 1 rings (SSSR count). The number of carbonyl (C=O) groups excluding carboxylic acids is 1. The topological polar surface area (TPSA) is 130 Å². The van der Waals surface area contributed by atoms with Crippen molar-refractivity contribution in [1.82, 2.24) is 0 Å². The third kappa shape index (κ3) is 22.4. The van der Waals surface area contributed by atoms with Crippen LogP contribution < -0.4 is 10.1 Å². The number of carboxylic acid groups (broad SMARTS) is 1. The Morgan fingerprint density at radius 2 is 1.13 bits per heavy atom. The second kappa shape index (κ2) is 22.7. The van der Waals surface area contributed by atoms with Crippen LogP contribution in [0.2, 0.25) is 0 Å². The van der Waals surface area contributed by atoms with Crippen molar-refractivity contribution < 1.29 is 32.4 Å². The van der Waals surface area contributed by atoms with Gasteiger partial charge in [0.1, 0.15) is 5.75 Å². The van der Waals surface area contributed by atoms with Crippen molar-refractivity contribution in [2.75, 3.05) is 17.7 Å². The van der Waals surface area contributed by atoms with E-state index in [1.807, 2.05) is 12.1 Å². The molecule has 1 aromatic rings. The fraction of sp³-hybridized carbons (Fsp3) is 0.733. The molecule has 0 saturated carbocycles. The lowest BCUT2D eigenvalue weighted by Gasteiger charge is -2.12. The minimum atomic E-state index is -3.95. The van der Waals surface area contributed by atoms with Gasteiger partial charge >= 0.3 is 5.97 Å². The molecule has 0 fully saturated rings. The van der Waals surface area contributed by atoms with E-state index in [0.29, 0.717) is 43.7 Å². The van der Waals surface area contributed by atoms with Crippen LogP contribution in [0, 0.1) is 0 Å². The number of amides is 1. The maximum Gasteiger partial charge on any atom is 0.303 e. The predicted octanol–water partition coefficient (Wildman–Crippen LogP) is 7.78. The summed E-state index contributed by atoms with van der Waals surface area (Å²) in [4.78, 5) is 22.8. The Morgan fingerprint density at radius 1 is 0.667 bits per heavy atom. The van der Waals surface area contributed by atoms with Gasteiger partial charge in [-0.2, -0.15) is 8.42 Å². The van der Waals surface area contributed by atoms with Crippen molar-refractivity contribution in [2.24, 2.45) is 0 Å². The molecule has 0 aliphatic heterocycles. The van der Waals surface area contributed by atoms with E-state index in [9.17, 15) is 18.0 Å². The lowest BCUT2D eigenvalue weighted by atomic mass is 10.0. The van der Waals surface area contributed by atoms with Crippen molar-refractivity contribution >= 4 is 27.7 Å². The molecular formula is C30H51NO7S. The van der Waals surface area contributed by atoms with Crippen LogP contribution in [0.15, 0.2) is 24.3 Å². The minimum absolute atomic E-state index is 0.0318. The van der Waals surface area contributed by atoms with Gasteiger partial charge in [-0.05, 0) is 37.8 Å². The van der Waals surface area contributed by atoms with Gasteiger partial charge < -0.3 is 15.2 Å².